The van der Waals surface area contributed by atoms with Crippen molar-refractivity contribution in [1.82, 2.24) is 5.32 Å². The van der Waals surface area contributed by atoms with Crippen LogP contribution >= 0.6 is 11.6 Å². The quantitative estimate of drug-likeness (QED) is 0.817. The first-order chi connectivity index (χ1) is 7.91. The van der Waals surface area contributed by atoms with E-state index in [2.05, 4.69) is 5.32 Å². The number of benzene rings is 1. The lowest BCUT2D eigenvalue weighted by atomic mass is 10.1. The number of hydrogen-bond donors (Lipinski definition) is 2. The van der Waals surface area contributed by atoms with E-state index in [0.29, 0.717) is 0 Å². The smallest absolute Gasteiger partial charge is 0.255 e. The maximum Gasteiger partial charge on any atom is 0.255 e. The lowest BCUT2D eigenvalue weighted by Crippen LogP contribution is -2.32. The molecule has 17 heavy (non-hydrogen) atoms. The largest absolute Gasteiger partial charge is 0.507 e. The van der Waals surface area contributed by atoms with E-state index >= 15 is 0 Å². The molecule has 0 aliphatic carbocycles. The van der Waals surface area contributed by atoms with Gasteiger partial charge < -0.3 is 10.4 Å². The van der Waals surface area contributed by atoms with Gasteiger partial charge in [0.15, 0.2) is 0 Å². The van der Waals surface area contributed by atoms with Crippen LogP contribution in [0.15, 0.2) is 18.2 Å². The van der Waals surface area contributed by atoms with Gasteiger partial charge in [-0.2, -0.15) is 0 Å². The lowest BCUT2D eigenvalue weighted by molar-refractivity contribution is 0.0949. The molecule has 1 aromatic rings. The highest BCUT2D eigenvalue weighted by atomic mass is 35.5. The fourth-order valence-corrected chi connectivity index (χ4v) is 1.29. The van der Waals surface area contributed by atoms with Gasteiger partial charge in [-0.05, 0) is 24.1 Å². The summed E-state index contributed by atoms with van der Waals surface area (Å²) in [4.78, 5) is 11.6. The number of amides is 1. The minimum Gasteiger partial charge on any atom is -0.507 e. The Bertz CT molecular complexity index is 409. The van der Waals surface area contributed by atoms with E-state index < -0.39 is 11.7 Å². The highest BCUT2D eigenvalue weighted by molar-refractivity contribution is 6.21. The summed E-state index contributed by atoms with van der Waals surface area (Å²) < 4.78 is 12.9. The topological polar surface area (TPSA) is 49.3 Å². The molecule has 0 heterocycles. The summed E-state index contributed by atoms with van der Waals surface area (Å²) >= 11 is 5.97. The molecule has 0 radical (unpaired) electrons. The maximum absolute atomic E-state index is 12.9. The van der Waals surface area contributed by atoms with Crippen LogP contribution in [0.3, 0.4) is 0 Å². The predicted octanol–water partition coefficient (Wildman–Crippen LogP) is 2.52. The Labute approximate surface area is 105 Å². The third-order valence-corrected chi connectivity index (χ3v) is 3.04. The second-order valence-corrected chi connectivity index (χ2v) is 4.69. The van der Waals surface area contributed by atoms with Crippen molar-refractivity contribution in [2.24, 2.45) is 5.92 Å². The molecule has 0 bridgehead atoms. The van der Waals surface area contributed by atoms with Gasteiger partial charge >= 0.3 is 0 Å². The number of phenolic OH excluding ortho intramolecular Hbond substituents is 1. The van der Waals surface area contributed by atoms with Gasteiger partial charge in [0.2, 0.25) is 0 Å². The lowest BCUT2D eigenvalue weighted by Gasteiger charge is -2.14. The number of phenols is 1. The zero-order valence-corrected chi connectivity index (χ0v) is 10.5. The monoisotopic (exact) mass is 259 g/mol. The Morgan fingerprint density at radius 2 is 2.18 bits per heavy atom. The molecule has 1 rings (SSSR count). The number of hydrogen-bond acceptors (Lipinski definition) is 2. The Kier molecular flexibility index (Phi) is 4.75. The summed E-state index contributed by atoms with van der Waals surface area (Å²) in [5, 5.41) is 11.8. The van der Waals surface area contributed by atoms with E-state index in [1.807, 2.05) is 13.8 Å². The molecular formula is C12H15ClFNO2. The van der Waals surface area contributed by atoms with Crippen molar-refractivity contribution in [3.63, 3.8) is 0 Å². The molecule has 0 spiro atoms. The van der Waals surface area contributed by atoms with Crippen LogP contribution in [0.25, 0.3) is 0 Å². The summed E-state index contributed by atoms with van der Waals surface area (Å²) in [6, 6.07) is 3.22. The van der Waals surface area contributed by atoms with Crippen LogP contribution in [0.4, 0.5) is 4.39 Å². The van der Waals surface area contributed by atoms with E-state index in [4.69, 9.17) is 11.6 Å². The number of aromatic hydroxyl groups is 1. The Morgan fingerprint density at radius 1 is 1.53 bits per heavy atom. The van der Waals surface area contributed by atoms with Crippen molar-refractivity contribution in [3.8, 4) is 5.75 Å². The summed E-state index contributed by atoms with van der Waals surface area (Å²) in [5.74, 6) is -1.13. The molecule has 1 amide bonds. The molecule has 1 aromatic carbocycles. The number of rotatable bonds is 4. The average molecular weight is 260 g/mol. The second-order valence-electron chi connectivity index (χ2n) is 4.13. The van der Waals surface area contributed by atoms with E-state index in [-0.39, 0.29) is 29.2 Å². The van der Waals surface area contributed by atoms with Crippen molar-refractivity contribution in [2.45, 2.75) is 19.2 Å². The van der Waals surface area contributed by atoms with Gasteiger partial charge in [0.1, 0.15) is 11.6 Å². The maximum atomic E-state index is 12.9. The fourth-order valence-electron chi connectivity index (χ4n) is 1.21. The molecule has 0 aliphatic heterocycles. The number of carbonyl (C=O) groups is 1. The fraction of sp³-hybridized carbons (Fsp3) is 0.417. The van der Waals surface area contributed by atoms with E-state index in [1.54, 1.807) is 0 Å². The number of alkyl halides is 1. The highest BCUT2D eigenvalue weighted by Gasteiger charge is 2.15. The zero-order chi connectivity index (χ0) is 13.0. The van der Waals surface area contributed by atoms with Gasteiger partial charge in [-0.15, -0.1) is 11.6 Å². The molecule has 2 N–H and O–H groups in total. The van der Waals surface area contributed by atoms with E-state index in [9.17, 15) is 14.3 Å². The molecule has 0 aliphatic rings. The first-order valence-corrected chi connectivity index (χ1v) is 5.76. The van der Waals surface area contributed by atoms with E-state index in [0.717, 1.165) is 18.2 Å². The van der Waals surface area contributed by atoms with Crippen LogP contribution in [-0.2, 0) is 0 Å². The number of halogens is 2. The SMILES string of the molecule is CC(C)C(Cl)CNC(=O)c1cc(F)ccc1O. The van der Waals surface area contributed by atoms with Gasteiger partial charge in [-0.25, -0.2) is 4.39 Å². The first-order valence-electron chi connectivity index (χ1n) is 5.32. The third kappa shape index (κ3) is 3.89. The number of carbonyl (C=O) groups excluding carboxylic acids is 1. The Balaban J connectivity index is 2.67. The van der Waals surface area contributed by atoms with Gasteiger partial charge in [0, 0.05) is 6.54 Å². The third-order valence-electron chi connectivity index (χ3n) is 2.38. The normalized spacial score (nSPS) is 12.5. The zero-order valence-electron chi connectivity index (χ0n) is 9.71. The van der Waals surface area contributed by atoms with Crippen molar-refractivity contribution in [3.05, 3.63) is 29.6 Å². The molecule has 5 heteroatoms. The molecule has 0 aromatic heterocycles. The molecule has 3 nitrogen and oxygen atoms in total. The van der Waals surface area contributed by atoms with E-state index in [1.165, 1.54) is 0 Å². The van der Waals surface area contributed by atoms with Gasteiger partial charge in [0.25, 0.3) is 5.91 Å². The van der Waals surface area contributed by atoms with Crippen LogP contribution in [0.1, 0.15) is 24.2 Å². The van der Waals surface area contributed by atoms with Crippen molar-refractivity contribution < 1.29 is 14.3 Å². The number of nitrogens with one attached hydrogen (secondary N) is 1. The highest BCUT2D eigenvalue weighted by Crippen LogP contribution is 2.17. The Morgan fingerprint density at radius 3 is 2.76 bits per heavy atom. The minimum atomic E-state index is -0.570. The molecule has 1 unspecified atom stereocenters. The summed E-state index contributed by atoms with van der Waals surface area (Å²) in [6.07, 6.45) is 0. The van der Waals surface area contributed by atoms with Crippen molar-refractivity contribution in [1.29, 1.82) is 0 Å². The summed E-state index contributed by atoms with van der Waals surface area (Å²) in [7, 11) is 0. The first kappa shape index (κ1) is 13.8. The second kappa shape index (κ2) is 5.87. The molecule has 94 valence electrons. The standard InChI is InChI=1S/C12H15ClFNO2/c1-7(2)10(13)6-15-12(17)9-5-8(14)3-4-11(9)16/h3-5,7,10,16H,6H2,1-2H3,(H,15,17). The summed E-state index contributed by atoms with van der Waals surface area (Å²) in [6.45, 7) is 4.14. The van der Waals surface area contributed by atoms with Gasteiger partial charge in [-0.1, -0.05) is 13.8 Å². The molecule has 0 fully saturated rings. The summed E-state index contributed by atoms with van der Waals surface area (Å²) in [5.41, 5.74) is -0.0855. The predicted molar refractivity (Wildman–Crippen MR) is 64.9 cm³/mol. The van der Waals surface area contributed by atoms with Crippen molar-refractivity contribution >= 4 is 17.5 Å². The van der Waals surface area contributed by atoms with Crippen LogP contribution in [-0.4, -0.2) is 22.9 Å². The molecule has 1 atom stereocenters. The van der Waals surface area contributed by atoms with Crippen molar-refractivity contribution in [2.75, 3.05) is 6.54 Å². The van der Waals surface area contributed by atoms with Crippen LogP contribution in [0.5, 0.6) is 5.75 Å². The Hall–Kier alpha value is -1.29. The van der Waals surface area contributed by atoms with Crippen LogP contribution in [0, 0.1) is 11.7 Å². The van der Waals surface area contributed by atoms with Crippen LogP contribution in [0.2, 0.25) is 0 Å². The molecule has 0 saturated heterocycles. The average Bonchev–Trinajstić information content (AvgIpc) is 2.28. The van der Waals surface area contributed by atoms with Crippen LogP contribution < -0.4 is 5.32 Å². The molecular weight excluding hydrogens is 245 g/mol. The minimum absolute atomic E-state index is 0.0855. The van der Waals surface area contributed by atoms with Gasteiger partial charge in [0.05, 0.1) is 10.9 Å². The van der Waals surface area contributed by atoms with Gasteiger partial charge in [-0.3, -0.25) is 4.79 Å². The molecule has 0 saturated carbocycles.